The summed E-state index contributed by atoms with van der Waals surface area (Å²) in [6, 6.07) is 1.89. The van der Waals surface area contributed by atoms with E-state index in [1.54, 1.807) is 0 Å². The maximum atomic E-state index is 14.0. The molecule has 7 heteroatoms. The first kappa shape index (κ1) is 13.7. The van der Waals surface area contributed by atoms with Crippen LogP contribution < -0.4 is 0 Å². The molecule has 0 amide bonds. The molecule has 0 aliphatic carbocycles. The van der Waals surface area contributed by atoms with E-state index in [1.165, 1.54) is 4.31 Å². The van der Waals surface area contributed by atoms with Crippen LogP contribution in [-0.4, -0.2) is 25.8 Å². The fourth-order valence-corrected chi connectivity index (χ4v) is 3.82. The first-order valence-electron chi connectivity index (χ1n) is 5.51. The molecule has 18 heavy (non-hydrogen) atoms. The van der Waals surface area contributed by atoms with Gasteiger partial charge in [-0.2, -0.15) is 4.31 Å². The highest BCUT2D eigenvalue weighted by molar-refractivity contribution is 7.89. The fourth-order valence-electron chi connectivity index (χ4n) is 1.97. The van der Waals surface area contributed by atoms with Crippen LogP contribution in [0.4, 0.5) is 8.78 Å². The van der Waals surface area contributed by atoms with E-state index in [0.717, 1.165) is 25.0 Å². The molecule has 3 nitrogen and oxygen atoms in total. The molecule has 0 atom stereocenters. The zero-order chi connectivity index (χ0) is 13.3. The Labute approximate surface area is 109 Å². The molecule has 1 aliphatic heterocycles. The summed E-state index contributed by atoms with van der Waals surface area (Å²) in [6.07, 6.45) is 1.51. The lowest BCUT2D eigenvalue weighted by Crippen LogP contribution is -2.29. The topological polar surface area (TPSA) is 37.4 Å². The average molecular weight is 296 g/mol. The number of hydrogen-bond acceptors (Lipinski definition) is 2. The Morgan fingerprint density at radius 2 is 1.83 bits per heavy atom. The van der Waals surface area contributed by atoms with Gasteiger partial charge in [0.05, 0.1) is 5.88 Å². The molecule has 0 aromatic heterocycles. The zero-order valence-corrected chi connectivity index (χ0v) is 11.1. The normalized spacial score (nSPS) is 17.3. The van der Waals surface area contributed by atoms with Crippen molar-refractivity contribution < 1.29 is 17.2 Å². The second-order valence-corrected chi connectivity index (χ2v) is 6.26. The number of benzene rings is 1. The summed E-state index contributed by atoms with van der Waals surface area (Å²) in [5.41, 5.74) is -0.406. The van der Waals surface area contributed by atoms with Gasteiger partial charge in [0, 0.05) is 18.7 Å². The molecule has 2 rings (SSSR count). The van der Waals surface area contributed by atoms with E-state index in [9.17, 15) is 17.2 Å². The van der Waals surface area contributed by atoms with Gasteiger partial charge in [-0.25, -0.2) is 17.2 Å². The molecule has 1 fully saturated rings. The van der Waals surface area contributed by atoms with Crippen molar-refractivity contribution in [2.45, 2.75) is 23.6 Å². The Bertz CT molecular complexity index is 556. The van der Waals surface area contributed by atoms with Gasteiger partial charge in [-0.15, -0.1) is 11.6 Å². The second kappa shape index (κ2) is 5.11. The van der Waals surface area contributed by atoms with E-state index < -0.39 is 38.0 Å². The maximum Gasteiger partial charge on any atom is 0.245 e. The van der Waals surface area contributed by atoms with Crippen LogP contribution in [0.15, 0.2) is 17.0 Å². The molecule has 0 spiro atoms. The third-order valence-electron chi connectivity index (χ3n) is 2.97. The second-order valence-electron chi connectivity index (χ2n) is 4.08. The Kier molecular flexibility index (Phi) is 3.89. The summed E-state index contributed by atoms with van der Waals surface area (Å²) in [7, 11) is -3.89. The minimum atomic E-state index is -3.89. The standard InChI is InChI=1S/C11H12ClF2NO2S/c12-7-8-9(13)3-4-10(11(8)14)18(16,17)15-5-1-2-6-15/h3-4H,1-2,5-7H2. The SMILES string of the molecule is O=S(=O)(c1ccc(F)c(CCl)c1F)N1CCCC1. The minimum absolute atomic E-state index is 0.370. The number of rotatable bonds is 3. The lowest BCUT2D eigenvalue weighted by atomic mass is 10.2. The van der Waals surface area contributed by atoms with Crippen molar-refractivity contribution in [1.82, 2.24) is 4.31 Å². The smallest absolute Gasteiger partial charge is 0.207 e. The van der Waals surface area contributed by atoms with Gasteiger partial charge < -0.3 is 0 Å². The summed E-state index contributed by atoms with van der Waals surface area (Å²) in [6.45, 7) is 0.741. The minimum Gasteiger partial charge on any atom is -0.207 e. The van der Waals surface area contributed by atoms with Gasteiger partial charge in [-0.3, -0.25) is 0 Å². The number of nitrogens with zero attached hydrogens (tertiary/aromatic N) is 1. The van der Waals surface area contributed by atoms with Gasteiger partial charge in [0.25, 0.3) is 0 Å². The molecule has 0 radical (unpaired) electrons. The highest BCUT2D eigenvalue weighted by atomic mass is 35.5. The average Bonchev–Trinajstić information content (AvgIpc) is 2.83. The number of halogens is 3. The van der Waals surface area contributed by atoms with Crippen molar-refractivity contribution in [3.8, 4) is 0 Å². The third-order valence-corrected chi connectivity index (χ3v) is 5.15. The number of alkyl halides is 1. The van der Waals surface area contributed by atoms with E-state index in [0.29, 0.717) is 13.1 Å². The molecule has 0 bridgehead atoms. The van der Waals surface area contributed by atoms with Crippen LogP contribution in [0, 0.1) is 11.6 Å². The molecule has 1 aliphatic rings. The Balaban J connectivity index is 2.51. The summed E-state index contributed by atoms with van der Waals surface area (Å²) in [5.74, 6) is -2.32. The Hall–Kier alpha value is -0.720. The van der Waals surface area contributed by atoms with Gasteiger partial charge in [-0.1, -0.05) is 0 Å². The summed E-state index contributed by atoms with van der Waals surface area (Å²) in [5, 5.41) is 0. The van der Waals surface area contributed by atoms with E-state index in [2.05, 4.69) is 0 Å². The van der Waals surface area contributed by atoms with Crippen LogP contribution in [0.25, 0.3) is 0 Å². The van der Waals surface area contributed by atoms with E-state index in [1.807, 2.05) is 0 Å². The number of sulfonamides is 1. The van der Waals surface area contributed by atoms with Gasteiger partial charge in [0.1, 0.15) is 10.7 Å². The molecule has 0 N–H and O–H groups in total. The number of hydrogen-bond donors (Lipinski definition) is 0. The van der Waals surface area contributed by atoms with Crippen molar-refractivity contribution in [1.29, 1.82) is 0 Å². The molecular weight excluding hydrogens is 284 g/mol. The molecular formula is C11H12ClF2NO2S. The highest BCUT2D eigenvalue weighted by Crippen LogP contribution is 2.27. The van der Waals surface area contributed by atoms with Crippen LogP contribution in [0.3, 0.4) is 0 Å². The van der Waals surface area contributed by atoms with Crippen LogP contribution >= 0.6 is 11.6 Å². The lowest BCUT2D eigenvalue weighted by molar-refractivity contribution is 0.466. The lowest BCUT2D eigenvalue weighted by Gasteiger charge is -2.16. The molecule has 1 aromatic carbocycles. The van der Waals surface area contributed by atoms with Gasteiger partial charge in [0.15, 0.2) is 5.82 Å². The monoisotopic (exact) mass is 295 g/mol. The van der Waals surface area contributed by atoms with Crippen molar-refractivity contribution in [2.75, 3.05) is 13.1 Å². The molecule has 1 heterocycles. The Morgan fingerprint density at radius 3 is 2.39 bits per heavy atom. The zero-order valence-electron chi connectivity index (χ0n) is 9.50. The van der Waals surface area contributed by atoms with Crippen LogP contribution in [0.2, 0.25) is 0 Å². The highest BCUT2D eigenvalue weighted by Gasteiger charge is 2.31. The van der Waals surface area contributed by atoms with E-state index in [-0.39, 0.29) is 0 Å². The Morgan fingerprint density at radius 1 is 1.22 bits per heavy atom. The quantitative estimate of drug-likeness (QED) is 0.804. The third kappa shape index (κ3) is 2.24. The van der Waals surface area contributed by atoms with Crippen molar-refractivity contribution >= 4 is 21.6 Å². The van der Waals surface area contributed by atoms with Crippen LogP contribution in [-0.2, 0) is 15.9 Å². The van der Waals surface area contributed by atoms with Crippen molar-refractivity contribution in [2.24, 2.45) is 0 Å². The molecule has 0 saturated carbocycles. The predicted molar refractivity (Wildman–Crippen MR) is 63.9 cm³/mol. The summed E-state index contributed by atoms with van der Waals surface area (Å²) in [4.78, 5) is -0.499. The van der Waals surface area contributed by atoms with Crippen LogP contribution in [0.5, 0.6) is 0 Å². The summed E-state index contributed by atoms with van der Waals surface area (Å²) < 4.78 is 52.7. The van der Waals surface area contributed by atoms with Crippen molar-refractivity contribution in [3.63, 3.8) is 0 Å². The molecule has 1 aromatic rings. The molecule has 0 unspecified atom stereocenters. The van der Waals surface area contributed by atoms with E-state index in [4.69, 9.17) is 11.6 Å². The van der Waals surface area contributed by atoms with Crippen LogP contribution in [0.1, 0.15) is 18.4 Å². The summed E-state index contributed by atoms with van der Waals surface area (Å²) >= 11 is 5.43. The van der Waals surface area contributed by atoms with Gasteiger partial charge in [0.2, 0.25) is 10.0 Å². The first-order valence-corrected chi connectivity index (χ1v) is 7.49. The van der Waals surface area contributed by atoms with Crippen molar-refractivity contribution in [3.05, 3.63) is 29.3 Å². The molecule has 100 valence electrons. The predicted octanol–water partition coefficient (Wildman–Crippen LogP) is 2.49. The first-order chi connectivity index (χ1) is 8.48. The fraction of sp³-hybridized carbons (Fsp3) is 0.455. The van der Waals surface area contributed by atoms with Gasteiger partial charge in [-0.05, 0) is 25.0 Å². The maximum absolute atomic E-state index is 14.0. The largest absolute Gasteiger partial charge is 0.245 e. The molecule has 1 saturated heterocycles. The van der Waals surface area contributed by atoms with E-state index >= 15 is 0 Å². The van der Waals surface area contributed by atoms with Gasteiger partial charge >= 0.3 is 0 Å².